The van der Waals surface area contributed by atoms with Gasteiger partial charge in [-0.15, -0.1) is 6.58 Å². The largest absolute Gasteiger partial charge is 0.376 e. The Morgan fingerprint density at radius 3 is 2.59 bits per heavy atom. The highest BCUT2D eigenvalue weighted by atomic mass is 16.3. The number of aromatic amines is 1. The van der Waals surface area contributed by atoms with Gasteiger partial charge in [0, 0.05) is 39.6 Å². The average molecular weight is 387 g/mol. The number of aliphatic hydroxyl groups is 1. The van der Waals surface area contributed by atoms with Gasteiger partial charge < -0.3 is 14.9 Å². The quantitative estimate of drug-likeness (QED) is 0.475. The summed E-state index contributed by atoms with van der Waals surface area (Å²) in [5.41, 5.74) is 0.871. The molecule has 2 aromatic rings. The number of benzene rings is 1. The summed E-state index contributed by atoms with van der Waals surface area (Å²) in [6.07, 6.45) is 7.78. The van der Waals surface area contributed by atoms with Gasteiger partial charge in [-0.1, -0.05) is 52.0 Å². The van der Waals surface area contributed by atoms with Crippen LogP contribution < -0.4 is 0 Å². The molecular formula is C26H30N2O. The van der Waals surface area contributed by atoms with Crippen LogP contribution in [-0.2, 0) is 16.4 Å². The molecule has 0 radical (unpaired) electrons. The van der Waals surface area contributed by atoms with Crippen molar-refractivity contribution in [2.75, 3.05) is 0 Å². The molecule has 1 fully saturated rings. The molecule has 5 rings (SSSR count). The molecule has 0 saturated heterocycles. The molecule has 0 amide bonds. The van der Waals surface area contributed by atoms with E-state index in [1.807, 2.05) is 12.2 Å². The third-order valence-corrected chi connectivity index (χ3v) is 8.69. The van der Waals surface area contributed by atoms with Gasteiger partial charge in [0.1, 0.15) is 0 Å². The fraction of sp³-hybridized carbons (Fsp3) is 0.500. The zero-order chi connectivity index (χ0) is 21.0. The van der Waals surface area contributed by atoms with E-state index in [1.54, 1.807) is 0 Å². The van der Waals surface area contributed by atoms with E-state index >= 15 is 0 Å². The summed E-state index contributed by atoms with van der Waals surface area (Å²) in [5.74, 6) is -0.0525. The van der Waals surface area contributed by atoms with Gasteiger partial charge in [0.25, 0.3) is 5.54 Å². The first-order valence-electron chi connectivity index (χ1n) is 10.6. The Hall–Kier alpha value is -2.31. The van der Waals surface area contributed by atoms with Crippen molar-refractivity contribution in [3.63, 3.8) is 0 Å². The number of hydrogen-bond donors (Lipinski definition) is 2. The van der Waals surface area contributed by atoms with Gasteiger partial charge in [-0.25, -0.2) is 6.57 Å². The lowest BCUT2D eigenvalue weighted by molar-refractivity contribution is -0.144. The molecule has 1 saturated carbocycles. The molecule has 1 heterocycles. The second kappa shape index (κ2) is 5.05. The summed E-state index contributed by atoms with van der Waals surface area (Å²) in [5, 5.41) is 14.0. The van der Waals surface area contributed by atoms with E-state index in [0.717, 1.165) is 35.0 Å². The Labute approximate surface area is 173 Å². The Kier molecular flexibility index (Phi) is 3.26. The van der Waals surface area contributed by atoms with Crippen LogP contribution in [0.5, 0.6) is 0 Å². The van der Waals surface area contributed by atoms with Crippen molar-refractivity contribution in [2.45, 2.75) is 69.4 Å². The maximum atomic E-state index is 12.9. The van der Waals surface area contributed by atoms with Crippen LogP contribution in [0.1, 0.15) is 64.3 Å². The summed E-state index contributed by atoms with van der Waals surface area (Å²) >= 11 is 0. The Morgan fingerprint density at radius 2 is 1.93 bits per heavy atom. The molecule has 0 bridgehead atoms. The summed E-state index contributed by atoms with van der Waals surface area (Å²) in [6, 6.07) is 6.42. The van der Waals surface area contributed by atoms with Crippen molar-refractivity contribution < 1.29 is 5.11 Å². The molecule has 3 nitrogen and oxygen atoms in total. The van der Waals surface area contributed by atoms with Crippen molar-refractivity contribution in [3.8, 4) is 0 Å². The van der Waals surface area contributed by atoms with Crippen LogP contribution in [0.3, 0.4) is 0 Å². The van der Waals surface area contributed by atoms with Crippen LogP contribution in [0.15, 0.2) is 43.0 Å². The minimum Gasteiger partial charge on any atom is -0.376 e. The van der Waals surface area contributed by atoms with Crippen LogP contribution in [-0.4, -0.2) is 15.6 Å². The van der Waals surface area contributed by atoms with E-state index in [4.69, 9.17) is 6.57 Å². The van der Waals surface area contributed by atoms with Crippen LogP contribution in [0, 0.1) is 17.9 Å². The molecule has 3 heteroatoms. The summed E-state index contributed by atoms with van der Waals surface area (Å²) in [7, 11) is 0. The van der Waals surface area contributed by atoms with E-state index in [-0.39, 0.29) is 16.7 Å². The van der Waals surface area contributed by atoms with E-state index in [1.165, 1.54) is 5.56 Å². The standard InChI is InChI=1S/C26H30N2O/c1-8-24(6)13-12-18-23(4,5)16-10-9-11-17-19(16)20-21(28-17)22(2,3)14-15-25(24,27-7)26(18,20)29/h8-11,14-15,18,28-29H,1,12-13H2,2-6H3/t18-,24+,25+,26-/m1/s1. The minimum atomic E-state index is -1.29. The van der Waals surface area contributed by atoms with Crippen molar-refractivity contribution in [2.24, 2.45) is 11.3 Å². The Bertz CT molecular complexity index is 1140. The predicted molar refractivity (Wildman–Crippen MR) is 118 cm³/mol. The van der Waals surface area contributed by atoms with Gasteiger partial charge >= 0.3 is 0 Å². The molecular weight excluding hydrogens is 356 g/mol. The van der Waals surface area contributed by atoms with Crippen LogP contribution in [0.2, 0.25) is 0 Å². The predicted octanol–water partition coefficient (Wildman–Crippen LogP) is 5.75. The van der Waals surface area contributed by atoms with Crippen molar-refractivity contribution >= 4 is 10.9 Å². The highest BCUT2D eigenvalue weighted by Crippen LogP contribution is 2.69. The van der Waals surface area contributed by atoms with E-state index in [9.17, 15) is 5.11 Å². The summed E-state index contributed by atoms with van der Waals surface area (Å²) in [4.78, 5) is 7.94. The molecule has 150 valence electrons. The molecule has 0 spiro atoms. The number of allylic oxidation sites excluding steroid dienone is 1. The highest BCUT2D eigenvalue weighted by Gasteiger charge is 2.76. The van der Waals surface area contributed by atoms with Crippen molar-refractivity contribution in [3.05, 3.63) is 71.2 Å². The first-order valence-corrected chi connectivity index (χ1v) is 10.6. The van der Waals surface area contributed by atoms with E-state index < -0.39 is 16.6 Å². The number of H-pyrrole nitrogens is 1. The van der Waals surface area contributed by atoms with E-state index in [2.05, 4.69) is 75.3 Å². The number of nitrogens with zero attached hydrogens (tertiary/aromatic N) is 1. The monoisotopic (exact) mass is 386 g/mol. The first-order chi connectivity index (χ1) is 13.5. The van der Waals surface area contributed by atoms with Crippen LogP contribution >= 0.6 is 0 Å². The fourth-order valence-electron chi connectivity index (χ4n) is 6.87. The smallest absolute Gasteiger partial charge is 0.291 e. The molecule has 3 aliphatic carbocycles. The zero-order valence-corrected chi connectivity index (χ0v) is 18.1. The Balaban J connectivity index is 2.07. The van der Waals surface area contributed by atoms with Gasteiger partial charge in [0.15, 0.2) is 5.60 Å². The number of nitrogens with one attached hydrogen (secondary N) is 1. The number of hydrogen-bond acceptors (Lipinski definition) is 1. The lowest BCUT2D eigenvalue weighted by atomic mass is 9.44. The van der Waals surface area contributed by atoms with Gasteiger partial charge in [-0.05, 0) is 36.8 Å². The van der Waals surface area contributed by atoms with Gasteiger partial charge in [-0.3, -0.25) is 0 Å². The lowest BCUT2D eigenvalue weighted by Gasteiger charge is -2.59. The molecule has 4 atom stereocenters. The van der Waals surface area contributed by atoms with E-state index in [0.29, 0.717) is 0 Å². The number of aromatic nitrogens is 1. The van der Waals surface area contributed by atoms with Gasteiger partial charge in [0.2, 0.25) is 0 Å². The molecule has 0 aliphatic heterocycles. The second-order valence-corrected chi connectivity index (χ2v) is 10.7. The Morgan fingerprint density at radius 1 is 1.21 bits per heavy atom. The zero-order valence-electron chi connectivity index (χ0n) is 18.1. The van der Waals surface area contributed by atoms with Gasteiger partial charge in [0.05, 0.1) is 5.41 Å². The fourth-order valence-corrected chi connectivity index (χ4v) is 6.87. The maximum Gasteiger partial charge on any atom is 0.291 e. The normalized spacial score (nSPS) is 38.3. The average Bonchev–Trinajstić information content (AvgIpc) is 3.05. The van der Waals surface area contributed by atoms with Crippen LogP contribution in [0.4, 0.5) is 0 Å². The molecule has 2 N–H and O–H groups in total. The van der Waals surface area contributed by atoms with Crippen molar-refractivity contribution in [1.82, 2.24) is 4.98 Å². The SMILES string of the molecule is [C-]#[N+][C@]12C=CC(C)(C)c3[nH]c4cccc5c4c3[C@]1(O)[C@H](CC[C@]2(C)C=C)C5(C)C. The minimum absolute atomic E-state index is 0.0525. The lowest BCUT2D eigenvalue weighted by Crippen LogP contribution is -2.67. The summed E-state index contributed by atoms with van der Waals surface area (Å²) in [6.45, 7) is 23.5. The molecule has 1 aromatic heterocycles. The van der Waals surface area contributed by atoms with Crippen molar-refractivity contribution in [1.29, 1.82) is 0 Å². The molecule has 0 unspecified atom stereocenters. The number of rotatable bonds is 1. The third-order valence-electron chi connectivity index (χ3n) is 8.69. The molecule has 3 aliphatic rings. The second-order valence-electron chi connectivity index (χ2n) is 10.7. The highest BCUT2D eigenvalue weighted by molar-refractivity contribution is 5.92. The summed E-state index contributed by atoms with van der Waals surface area (Å²) < 4.78 is 0. The maximum absolute atomic E-state index is 12.9. The molecule has 1 aromatic carbocycles. The topological polar surface area (TPSA) is 40.4 Å². The third kappa shape index (κ3) is 1.75. The first kappa shape index (κ1) is 18.7. The van der Waals surface area contributed by atoms with Gasteiger partial charge in [-0.2, -0.15) is 0 Å². The molecule has 29 heavy (non-hydrogen) atoms. The van der Waals surface area contributed by atoms with Crippen LogP contribution in [0.25, 0.3) is 15.7 Å².